The lowest BCUT2D eigenvalue weighted by atomic mass is 10.1. The molecule has 0 saturated carbocycles. The molecule has 89 valence electrons. The van der Waals surface area contributed by atoms with Crippen LogP contribution in [-0.4, -0.2) is 0 Å². The SMILES string of the molecule is [CH]=CC=CCC=CC=CCCCCCCC. The third kappa shape index (κ3) is 13.0. The molecule has 0 N–H and O–H groups in total. The maximum absolute atomic E-state index is 5.21. The molecule has 0 aliphatic carbocycles. The minimum absolute atomic E-state index is 0.953. The highest BCUT2D eigenvalue weighted by Gasteiger charge is 1.85. The van der Waals surface area contributed by atoms with Gasteiger partial charge in [0.2, 0.25) is 0 Å². The Morgan fingerprint density at radius 2 is 1.50 bits per heavy atom. The highest BCUT2D eigenvalue weighted by Crippen LogP contribution is 2.05. The van der Waals surface area contributed by atoms with Gasteiger partial charge in [-0.15, -0.1) is 0 Å². The van der Waals surface area contributed by atoms with Gasteiger partial charge in [-0.1, -0.05) is 81.7 Å². The van der Waals surface area contributed by atoms with E-state index in [1.165, 1.54) is 38.5 Å². The Morgan fingerprint density at radius 3 is 2.25 bits per heavy atom. The van der Waals surface area contributed by atoms with Crippen LogP contribution in [-0.2, 0) is 0 Å². The first kappa shape index (κ1) is 15.0. The van der Waals surface area contributed by atoms with Crippen LogP contribution in [0.3, 0.4) is 0 Å². The predicted molar refractivity (Wildman–Crippen MR) is 74.3 cm³/mol. The molecule has 16 heavy (non-hydrogen) atoms. The Morgan fingerprint density at radius 1 is 0.812 bits per heavy atom. The average molecular weight is 217 g/mol. The van der Waals surface area contributed by atoms with Gasteiger partial charge in [0.1, 0.15) is 0 Å². The van der Waals surface area contributed by atoms with Crippen molar-refractivity contribution in [1.82, 2.24) is 0 Å². The Bertz CT molecular complexity index is 218. The van der Waals surface area contributed by atoms with E-state index in [0.29, 0.717) is 0 Å². The molecule has 0 atom stereocenters. The van der Waals surface area contributed by atoms with Crippen LogP contribution in [0.4, 0.5) is 0 Å². The highest BCUT2D eigenvalue weighted by atomic mass is 13.9. The summed E-state index contributed by atoms with van der Waals surface area (Å²) in [4.78, 5) is 0. The van der Waals surface area contributed by atoms with Gasteiger partial charge in [-0.3, -0.25) is 0 Å². The fourth-order valence-electron chi connectivity index (χ4n) is 1.43. The normalized spacial score (nSPS) is 12.1. The minimum atomic E-state index is 0.953. The Balaban J connectivity index is 3.26. The molecule has 0 aromatic rings. The molecule has 0 saturated heterocycles. The van der Waals surface area contributed by atoms with Crippen molar-refractivity contribution in [3.63, 3.8) is 0 Å². The van der Waals surface area contributed by atoms with Gasteiger partial charge in [-0.25, -0.2) is 0 Å². The van der Waals surface area contributed by atoms with E-state index in [0.717, 1.165) is 6.42 Å². The van der Waals surface area contributed by atoms with E-state index in [1.807, 2.05) is 12.2 Å². The van der Waals surface area contributed by atoms with Gasteiger partial charge >= 0.3 is 0 Å². The second-order valence-corrected chi connectivity index (χ2v) is 3.92. The first-order valence-electron chi connectivity index (χ1n) is 6.43. The maximum atomic E-state index is 5.21. The van der Waals surface area contributed by atoms with E-state index < -0.39 is 0 Å². The van der Waals surface area contributed by atoms with Crippen LogP contribution in [0, 0.1) is 6.58 Å². The van der Waals surface area contributed by atoms with Crippen molar-refractivity contribution < 1.29 is 0 Å². The van der Waals surface area contributed by atoms with Crippen molar-refractivity contribution in [2.24, 2.45) is 0 Å². The molecule has 0 nitrogen and oxygen atoms in total. The van der Waals surface area contributed by atoms with Gasteiger partial charge in [0, 0.05) is 0 Å². The largest absolute Gasteiger partial charge is 0.0845 e. The number of allylic oxidation sites excluding steroid dienone is 7. The standard InChI is InChI=1S/C16H25/c1-3-5-7-9-11-13-15-16-14-12-10-8-6-4-2/h1,3,5,7,11,13,15-16H,4,6,8-10,12,14H2,2H3. The van der Waals surface area contributed by atoms with Crippen LogP contribution >= 0.6 is 0 Å². The zero-order valence-electron chi connectivity index (χ0n) is 10.6. The molecular weight excluding hydrogens is 192 g/mol. The topological polar surface area (TPSA) is 0 Å². The molecule has 0 heteroatoms. The average Bonchev–Trinajstić information content (AvgIpc) is 2.31. The molecule has 1 radical (unpaired) electrons. The van der Waals surface area contributed by atoms with E-state index in [-0.39, 0.29) is 0 Å². The molecule has 0 spiro atoms. The summed E-state index contributed by atoms with van der Waals surface area (Å²) in [6.45, 7) is 7.46. The number of unbranched alkanes of at least 4 members (excludes halogenated alkanes) is 5. The summed E-state index contributed by atoms with van der Waals surface area (Å²) in [5, 5.41) is 0. The van der Waals surface area contributed by atoms with Crippen LogP contribution in [0.15, 0.2) is 42.5 Å². The third-order valence-corrected chi connectivity index (χ3v) is 2.38. The Labute approximate surface area is 101 Å². The molecule has 0 aromatic heterocycles. The highest BCUT2D eigenvalue weighted by molar-refractivity contribution is 5.06. The molecule has 0 heterocycles. The second kappa shape index (κ2) is 14.0. The number of rotatable bonds is 10. The van der Waals surface area contributed by atoms with Crippen molar-refractivity contribution in [3.8, 4) is 0 Å². The molecule has 0 bridgehead atoms. The fraction of sp³-hybridized carbons (Fsp3) is 0.500. The minimum Gasteiger partial charge on any atom is -0.0845 e. The number of hydrogen-bond acceptors (Lipinski definition) is 0. The smallest absolute Gasteiger partial charge is 0.0163 e. The molecular formula is C16H25. The molecule has 0 aliphatic heterocycles. The Kier molecular flexibility index (Phi) is 13.1. The molecule has 0 fully saturated rings. The van der Waals surface area contributed by atoms with Gasteiger partial charge in [0.25, 0.3) is 0 Å². The van der Waals surface area contributed by atoms with Crippen LogP contribution in [0.1, 0.15) is 51.9 Å². The quantitative estimate of drug-likeness (QED) is 0.340. The lowest BCUT2D eigenvalue weighted by molar-refractivity contribution is 0.637. The van der Waals surface area contributed by atoms with Gasteiger partial charge in [-0.05, 0) is 19.3 Å². The monoisotopic (exact) mass is 217 g/mol. The zero-order chi connectivity index (χ0) is 11.9. The van der Waals surface area contributed by atoms with Crippen molar-refractivity contribution in [2.75, 3.05) is 0 Å². The zero-order valence-corrected chi connectivity index (χ0v) is 10.6. The summed E-state index contributed by atoms with van der Waals surface area (Å²) < 4.78 is 0. The van der Waals surface area contributed by atoms with E-state index >= 15 is 0 Å². The fourth-order valence-corrected chi connectivity index (χ4v) is 1.43. The molecule has 0 aromatic carbocycles. The van der Waals surface area contributed by atoms with E-state index in [9.17, 15) is 0 Å². The Hall–Kier alpha value is -1.04. The van der Waals surface area contributed by atoms with E-state index in [2.05, 4.69) is 31.2 Å². The van der Waals surface area contributed by atoms with Crippen molar-refractivity contribution >= 4 is 0 Å². The molecule has 0 rings (SSSR count). The second-order valence-electron chi connectivity index (χ2n) is 3.92. The van der Waals surface area contributed by atoms with Crippen LogP contribution < -0.4 is 0 Å². The van der Waals surface area contributed by atoms with Crippen LogP contribution in [0.2, 0.25) is 0 Å². The molecule has 0 amide bonds. The summed E-state index contributed by atoms with van der Waals surface area (Å²) >= 11 is 0. The number of hydrogen-bond donors (Lipinski definition) is 0. The van der Waals surface area contributed by atoms with Gasteiger partial charge in [0.15, 0.2) is 0 Å². The lowest BCUT2D eigenvalue weighted by Crippen LogP contribution is -1.75. The molecule has 0 aliphatic rings. The first-order chi connectivity index (χ1) is 7.91. The lowest BCUT2D eigenvalue weighted by Gasteiger charge is -1.95. The van der Waals surface area contributed by atoms with E-state index in [4.69, 9.17) is 6.58 Å². The van der Waals surface area contributed by atoms with Crippen LogP contribution in [0.5, 0.6) is 0 Å². The maximum Gasteiger partial charge on any atom is -0.0163 e. The molecule has 0 unspecified atom stereocenters. The van der Waals surface area contributed by atoms with Gasteiger partial charge < -0.3 is 0 Å². The predicted octanol–water partition coefficient (Wildman–Crippen LogP) is 5.39. The van der Waals surface area contributed by atoms with E-state index in [1.54, 1.807) is 6.08 Å². The summed E-state index contributed by atoms with van der Waals surface area (Å²) in [6.07, 6.45) is 23.0. The van der Waals surface area contributed by atoms with Crippen molar-refractivity contribution in [2.45, 2.75) is 51.9 Å². The third-order valence-electron chi connectivity index (χ3n) is 2.38. The summed E-state index contributed by atoms with van der Waals surface area (Å²) in [5.41, 5.74) is 0. The van der Waals surface area contributed by atoms with Gasteiger partial charge in [0.05, 0.1) is 0 Å². The van der Waals surface area contributed by atoms with Crippen molar-refractivity contribution in [3.05, 3.63) is 49.1 Å². The van der Waals surface area contributed by atoms with Gasteiger partial charge in [-0.2, -0.15) is 0 Å². The van der Waals surface area contributed by atoms with Crippen molar-refractivity contribution in [1.29, 1.82) is 0 Å². The van der Waals surface area contributed by atoms with Crippen LogP contribution in [0.25, 0.3) is 0 Å². The summed E-state index contributed by atoms with van der Waals surface area (Å²) in [5.74, 6) is 0. The first-order valence-corrected chi connectivity index (χ1v) is 6.43. The summed E-state index contributed by atoms with van der Waals surface area (Å²) in [6, 6.07) is 0. The summed E-state index contributed by atoms with van der Waals surface area (Å²) in [7, 11) is 0.